The molecule has 0 rings (SSSR count). The van der Waals surface area contributed by atoms with Crippen molar-refractivity contribution >= 4 is 26.0 Å². The molecule has 0 aromatic heterocycles. The SMILES string of the molecule is CCCCCCCCCCCCCCCCCS(=O)(=O)NCC(NS(=O)(=O)CCCCCCCCCCCCCCCCC)C(=O)O. The number of rotatable bonds is 38. The van der Waals surface area contributed by atoms with Gasteiger partial charge in [0.2, 0.25) is 20.0 Å². The largest absolute Gasteiger partial charge is 0.480 e. The molecule has 8 nitrogen and oxygen atoms in total. The number of carboxylic acid groups (broad SMARTS) is 1. The molecule has 0 heterocycles. The zero-order valence-electron chi connectivity index (χ0n) is 30.7. The molecule has 3 N–H and O–H groups in total. The summed E-state index contributed by atoms with van der Waals surface area (Å²) in [4.78, 5) is 11.7. The lowest BCUT2D eigenvalue weighted by Crippen LogP contribution is -2.49. The number of carboxylic acids is 1. The third-order valence-electron chi connectivity index (χ3n) is 9.16. The van der Waals surface area contributed by atoms with Crippen LogP contribution < -0.4 is 9.44 Å². The van der Waals surface area contributed by atoms with E-state index in [0.717, 1.165) is 38.5 Å². The van der Waals surface area contributed by atoms with Crippen molar-refractivity contribution in [2.24, 2.45) is 0 Å². The van der Waals surface area contributed by atoms with Crippen LogP contribution in [0.1, 0.15) is 206 Å². The minimum Gasteiger partial charge on any atom is -0.480 e. The van der Waals surface area contributed by atoms with Crippen molar-refractivity contribution in [3.8, 4) is 0 Å². The first-order valence-electron chi connectivity index (χ1n) is 19.8. The summed E-state index contributed by atoms with van der Waals surface area (Å²) in [6.45, 7) is 4.00. The maximum Gasteiger partial charge on any atom is 0.323 e. The lowest BCUT2D eigenvalue weighted by Gasteiger charge is -2.16. The molecule has 1 unspecified atom stereocenters. The van der Waals surface area contributed by atoms with E-state index in [9.17, 15) is 26.7 Å². The third kappa shape index (κ3) is 33.6. The lowest BCUT2D eigenvalue weighted by atomic mass is 10.0. The summed E-state index contributed by atoms with van der Waals surface area (Å²) < 4.78 is 54.3. The van der Waals surface area contributed by atoms with Gasteiger partial charge >= 0.3 is 5.97 Å². The molecule has 0 aliphatic carbocycles. The normalized spacial score (nSPS) is 12.9. The van der Waals surface area contributed by atoms with Crippen molar-refractivity contribution in [3.63, 3.8) is 0 Å². The minimum absolute atomic E-state index is 0.0799. The Morgan fingerprint density at radius 2 is 0.702 bits per heavy atom. The third-order valence-corrected chi connectivity index (χ3v) is 12.1. The Kier molecular flexibility index (Phi) is 32.0. The van der Waals surface area contributed by atoms with Gasteiger partial charge in [-0.05, 0) is 12.8 Å². The second kappa shape index (κ2) is 32.5. The van der Waals surface area contributed by atoms with E-state index in [-0.39, 0.29) is 11.5 Å². The molecule has 0 spiro atoms. The quantitative estimate of drug-likeness (QED) is 0.0548. The van der Waals surface area contributed by atoms with E-state index < -0.39 is 38.6 Å². The summed E-state index contributed by atoms with van der Waals surface area (Å²) in [5.41, 5.74) is 0. The molecule has 0 fully saturated rings. The van der Waals surface area contributed by atoms with E-state index in [1.165, 1.54) is 141 Å². The lowest BCUT2D eigenvalue weighted by molar-refractivity contribution is -0.138. The zero-order valence-corrected chi connectivity index (χ0v) is 32.3. The van der Waals surface area contributed by atoms with E-state index in [1.54, 1.807) is 0 Å². The fourth-order valence-electron chi connectivity index (χ4n) is 6.06. The summed E-state index contributed by atoms with van der Waals surface area (Å²) in [7, 11) is -7.50. The second-order valence-electron chi connectivity index (χ2n) is 13.9. The van der Waals surface area contributed by atoms with Gasteiger partial charge in [0.05, 0.1) is 11.5 Å². The number of carbonyl (C=O) groups is 1. The smallest absolute Gasteiger partial charge is 0.323 e. The zero-order chi connectivity index (χ0) is 34.9. The molecule has 0 aliphatic rings. The van der Waals surface area contributed by atoms with E-state index in [4.69, 9.17) is 0 Å². The van der Waals surface area contributed by atoms with Gasteiger partial charge < -0.3 is 5.11 Å². The van der Waals surface area contributed by atoms with E-state index >= 15 is 0 Å². The maximum absolute atomic E-state index is 12.5. The first-order valence-corrected chi connectivity index (χ1v) is 23.1. The van der Waals surface area contributed by atoms with Gasteiger partial charge in [-0.3, -0.25) is 4.79 Å². The van der Waals surface area contributed by atoms with Gasteiger partial charge in [-0.15, -0.1) is 0 Å². The van der Waals surface area contributed by atoms with Gasteiger partial charge in [0, 0.05) is 6.54 Å². The molecule has 10 heteroatoms. The number of aliphatic carboxylic acids is 1. The fraction of sp³-hybridized carbons (Fsp3) is 0.973. The molecule has 1 atom stereocenters. The monoisotopic (exact) mass is 709 g/mol. The number of hydrogen-bond donors (Lipinski definition) is 3. The van der Waals surface area contributed by atoms with Crippen LogP contribution in [-0.2, 0) is 24.8 Å². The van der Waals surface area contributed by atoms with Crippen LogP contribution in [0.5, 0.6) is 0 Å². The Balaban J connectivity index is 3.88. The van der Waals surface area contributed by atoms with Gasteiger partial charge in [0.25, 0.3) is 0 Å². The number of hydrogen-bond acceptors (Lipinski definition) is 5. The predicted octanol–water partition coefficient (Wildman–Crippen LogP) is 10.0. The molecule has 282 valence electrons. The molecule has 0 aliphatic heterocycles. The van der Waals surface area contributed by atoms with Crippen molar-refractivity contribution in [1.82, 2.24) is 9.44 Å². The fourth-order valence-corrected chi connectivity index (χ4v) is 8.53. The van der Waals surface area contributed by atoms with Gasteiger partial charge in [-0.25, -0.2) is 21.6 Å². The Morgan fingerprint density at radius 1 is 0.447 bits per heavy atom. The Morgan fingerprint density at radius 3 is 0.979 bits per heavy atom. The van der Waals surface area contributed by atoms with E-state index in [0.29, 0.717) is 12.8 Å². The highest BCUT2D eigenvalue weighted by molar-refractivity contribution is 7.89. The van der Waals surface area contributed by atoms with E-state index in [1.807, 2.05) is 0 Å². The van der Waals surface area contributed by atoms with Crippen LogP contribution in [0.4, 0.5) is 0 Å². The van der Waals surface area contributed by atoms with Crippen LogP contribution >= 0.6 is 0 Å². The van der Waals surface area contributed by atoms with Gasteiger partial charge in [0.1, 0.15) is 6.04 Å². The number of unbranched alkanes of at least 4 members (excludes halogenated alkanes) is 28. The number of nitrogens with one attached hydrogen (secondary N) is 2. The summed E-state index contributed by atoms with van der Waals surface area (Å²) in [5.74, 6) is -1.62. The molecule has 0 radical (unpaired) electrons. The molecule has 0 aromatic rings. The predicted molar refractivity (Wildman–Crippen MR) is 200 cm³/mol. The van der Waals surface area contributed by atoms with Crippen LogP contribution in [0, 0.1) is 0 Å². The van der Waals surface area contributed by atoms with Crippen LogP contribution in [0.3, 0.4) is 0 Å². The van der Waals surface area contributed by atoms with Crippen LogP contribution in [0.25, 0.3) is 0 Å². The summed E-state index contributed by atoms with van der Waals surface area (Å²) in [6.07, 6.45) is 35.6. The molecule has 0 saturated heterocycles. The standard InChI is InChI=1S/C37H76N2O6S2/c1-3-5-7-9-11-13-15-17-19-21-23-25-27-29-31-33-46(42,43)38-35-36(37(40)41)39-47(44,45)34-32-30-28-26-24-22-20-18-16-14-12-10-8-6-4-2/h36,38-39H,3-35H2,1-2H3,(H,40,41). The summed E-state index contributed by atoms with van der Waals surface area (Å²) >= 11 is 0. The topological polar surface area (TPSA) is 130 Å². The van der Waals surface area contributed by atoms with Crippen molar-refractivity contribution in [2.45, 2.75) is 213 Å². The minimum atomic E-state index is -3.82. The Bertz CT molecular complexity index is 912. The van der Waals surface area contributed by atoms with E-state index in [2.05, 4.69) is 23.3 Å². The summed E-state index contributed by atoms with van der Waals surface area (Å²) in [6, 6.07) is -1.52. The van der Waals surface area contributed by atoms with Gasteiger partial charge in [0.15, 0.2) is 0 Å². The van der Waals surface area contributed by atoms with Crippen molar-refractivity contribution in [3.05, 3.63) is 0 Å². The molecule has 0 amide bonds. The highest BCUT2D eigenvalue weighted by atomic mass is 32.2. The van der Waals surface area contributed by atoms with Gasteiger partial charge in [-0.2, -0.15) is 4.72 Å². The van der Waals surface area contributed by atoms with Gasteiger partial charge in [-0.1, -0.05) is 194 Å². The van der Waals surface area contributed by atoms with Crippen molar-refractivity contribution in [2.75, 3.05) is 18.1 Å². The molecular weight excluding hydrogens is 633 g/mol. The average molecular weight is 709 g/mol. The molecule has 47 heavy (non-hydrogen) atoms. The molecule has 0 aromatic carbocycles. The maximum atomic E-state index is 12.5. The Labute approximate surface area is 291 Å². The van der Waals surface area contributed by atoms with Crippen LogP contribution in [-0.4, -0.2) is 52.0 Å². The van der Waals surface area contributed by atoms with Crippen LogP contribution in [0.2, 0.25) is 0 Å². The highest BCUT2D eigenvalue weighted by Crippen LogP contribution is 2.15. The summed E-state index contributed by atoms with van der Waals surface area (Å²) in [5, 5.41) is 9.49. The first-order chi connectivity index (χ1) is 22.6. The average Bonchev–Trinajstić information content (AvgIpc) is 3.02. The molecule has 0 bridgehead atoms. The Hall–Kier alpha value is -0.710. The van der Waals surface area contributed by atoms with Crippen molar-refractivity contribution in [1.29, 1.82) is 0 Å². The highest BCUT2D eigenvalue weighted by Gasteiger charge is 2.25. The molecule has 0 saturated carbocycles. The van der Waals surface area contributed by atoms with Crippen LogP contribution in [0.15, 0.2) is 0 Å². The van der Waals surface area contributed by atoms with Crippen molar-refractivity contribution < 1.29 is 26.7 Å². The molecular formula is C37H76N2O6S2. The first kappa shape index (κ1) is 46.3. The second-order valence-corrected chi connectivity index (χ2v) is 17.7. The number of sulfonamides is 2.